The summed E-state index contributed by atoms with van der Waals surface area (Å²) in [4.78, 5) is 0.930. The van der Waals surface area contributed by atoms with Crippen LogP contribution in [-0.2, 0) is 20.0 Å². The Bertz CT molecular complexity index is 995. The minimum absolute atomic E-state index is 0.348. The summed E-state index contributed by atoms with van der Waals surface area (Å²) in [5.74, 6) is 0. The molecule has 0 saturated carbocycles. The van der Waals surface area contributed by atoms with Crippen LogP contribution in [0.1, 0.15) is 22.9 Å². The first-order valence-corrected chi connectivity index (χ1v) is 11.9. The third kappa shape index (κ3) is 4.20. The maximum atomic E-state index is 12.1. The molecule has 7 nitrogen and oxygen atoms in total. The number of hydrogen-bond acceptors (Lipinski definition) is 6. The Labute approximate surface area is 151 Å². The van der Waals surface area contributed by atoms with E-state index in [1.807, 2.05) is 17.5 Å². The highest BCUT2D eigenvalue weighted by molar-refractivity contribution is 7.92. The number of sulfonamides is 2. The predicted molar refractivity (Wildman–Crippen MR) is 99.8 cm³/mol. The molecule has 1 aliphatic heterocycles. The van der Waals surface area contributed by atoms with E-state index in [2.05, 4.69) is 9.82 Å². The molecule has 0 aliphatic carbocycles. The molecule has 0 spiro atoms. The second-order valence-corrected chi connectivity index (χ2v) is 10.3. The van der Waals surface area contributed by atoms with Crippen molar-refractivity contribution in [3.05, 3.63) is 52.2 Å². The molecule has 10 heteroatoms. The zero-order valence-corrected chi connectivity index (χ0v) is 16.0. The van der Waals surface area contributed by atoms with Gasteiger partial charge in [0.25, 0.3) is 0 Å². The van der Waals surface area contributed by atoms with E-state index in [9.17, 15) is 16.8 Å². The lowest BCUT2D eigenvalue weighted by Gasteiger charge is -2.19. The third-order valence-corrected chi connectivity index (χ3v) is 6.20. The van der Waals surface area contributed by atoms with Crippen LogP contribution in [0.5, 0.6) is 0 Å². The molecule has 0 saturated heterocycles. The van der Waals surface area contributed by atoms with Gasteiger partial charge in [-0.3, -0.25) is 4.72 Å². The van der Waals surface area contributed by atoms with Crippen molar-refractivity contribution < 1.29 is 16.8 Å². The van der Waals surface area contributed by atoms with Gasteiger partial charge in [0.2, 0.25) is 20.0 Å². The van der Waals surface area contributed by atoms with Crippen molar-refractivity contribution in [2.75, 3.05) is 17.2 Å². The van der Waals surface area contributed by atoms with Crippen molar-refractivity contribution >= 4 is 42.8 Å². The topological polar surface area (TPSA) is 95.9 Å². The third-order valence-electron chi connectivity index (χ3n) is 3.61. The summed E-state index contributed by atoms with van der Waals surface area (Å²) in [6.07, 6.45) is 2.68. The van der Waals surface area contributed by atoms with Gasteiger partial charge in [-0.2, -0.15) is 9.52 Å². The van der Waals surface area contributed by atoms with Crippen LogP contribution in [-0.4, -0.2) is 39.5 Å². The Morgan fingerprint density at radius 1 is 1.12 bits per heavy atom. The van der Waals surface area contributed by atoms with Crippen LogP contribution in [0.2, 0.25) is 0 Å². The van der Waals surface area contributed by atoms with Crippen LogP contribution in [0.4, 0.5) is 5.69 Å². The van der Waals surface area contributed by atoms with Gasteiger partial charge in [-0.25, -0.2) is 16.8 Å². The lowest BCUT2D eigenvalue weighted by molar-refractivity contribution is 0.379. The van der Waals surface area contributed by atoms with E-state index in [0.717, 1.165) is 27.4 Å². The van der Waals surface area contributed by atoms with Gasteiger partial charge in [-0.1, -0.05) is 18.2 Å². The van der Waals surface area contributed by atoms with Gasteiger partial charge >= 0.3 is 0 Å². The number of nitrogens with one attached hydrogen (secondary N) is 1. The molecule has 1 N–H and O–H groups in total. The number of rotatable bonds is 5. The molecule has 1 aliphatic rings. The summed E-state index contributed by atoms with van der Waals surface area (Å²) in [6, 6.07) is 10.1. The maximum Gasteiger partial charge on any atom is 0.247 e. The van der Waals surface area contributed by atoms with Gasteiger partial charge in [0.05, 0.1) is 18.2 Å². The molecular formula is C15H17N3O4S3. The highest BCUT2D eigenvalue weighted by atomic mass is 32.2. The van der Waals surface area contributed by atoms with Gasteiger partial charge in [0.15, 0.2) is 0 Å². The first kappa shape index (κ1) is 17.9. The minimum atomic E-state index is -3.49. The summed E-state index contributed by atoms with van der Waals surface area (Å²) in [5, 5.41) is 6.20. The molecule has 0 amide bonds. The highest BCUT2D eigenvalue weighted by Crippen LogP contribution is 2.36. The van der Waals surface area contributed by atoms with Crippen molar-refractivity contribution in [2.24, 2.45) is 5.10 Å². The maximum absolute atomic E-state index is 12.1. The Kier molecular flexibility index (Phi) is 4.60. The Morgan fingerprint density at radius 2 is 1.80 bits per heavy atom. The summed E-state index contributed by atoms with van der Waals surface area (Å²) < 4.78 is 50.2. The summed E-state index contributed by atoms with van der Waals surface area (Å²) in [6.45, 7) is 0. The van der Waals surface area contributed by atoms with E-state index in [-0.39, 0.29) is 6.04 Å². The summed E-state index contributed by atoms with van der Waals surface area (Å²) >= 11 is 1.49. The number of anilines is 1. The second kappa shape index (κ2) is 6.43. The van der Waals surface area contributed by atoms with Crippen LogP contribution in [0.3, 0.4) is 0 Å². The second-order valence-electron chi connectivity index (χ2n) is 5.77. The number of hydrazone groups is 1. The molecule has 0 bridgehead atoms. The Hall–Kier alpha value is -1.91. The van der Waals surface area contributed by atoms with Crippen molar-refractivity contribution in [3.63, 3.8) is 0 Å². The molecule has 0 radical (unpaired) electrons. The lowest BCUT2D eigenvalue weighted by Crippen LogP contribution is -2.25. The van der Waals surface area contributed by atoms with Gasteiger partial charge < -0.3 is 0 Å². The Morgan fingerprint density at radius 3 is 2.32 bits per heavy atom. The molecular weight excluding hydrogens is 382 g/mol. The van der Waals surface area contributed by atoms with Crippen LogP contribution in [0.25, 0.3) is 0 Å². The van der Waals surface area contributed by atoms with Gasteiger partial charge in [-0.15, -0.1) is 11.3 Å². The largest absolute Gasteiger partial charge is 0.284 e. The molecule has 0 fully saturated rings. The minimum Gasteiger partial charge on any atom is -0.284 e. The number of hydrogen-bond donors (Lipinski definition) is 1. The summed E-state index contributed by atoms with van der Waals surface area (Å²) in [5.41, 5.74) is 1.85. The van der Waals surface area contributed by atoms with Crippen LogP contribution in [0, 0.1) is 0 Å². The molecule has 1 aromatic heterocycles. The molecule has 1 atom stereocenters. The van der Waals surface area contributed by atoms with Crippen LogP contribution >= 0.6 is 11.3 Å². The van der Waals surface area contributed by atoms with Gasteiger partial charge in [-0.05, 0) is 29.1 Å². The average Bonchev–Trinajstić information content (AvgIpc) is 3.15. The summed E-state index contributed by atoms with van der Waals surface area (Å²) in [7, 11) is -6.83. The number of benzene rings is 1. The SMILES string of the molecule is CS(=O)(=O)Nc1ccc(C2=NN(S(C)(=O)=O)[C@H](c3cccs3)C2)cc1. The number of thiophene rings is 1. The molecule has 25 heavy (non-hydrogen) atoms. The van der Waals surface area contributed by atoms with Crippen molar-refractivity contribution in [1.82, 2.24) is 4.41 Å². The quantitative estimate of drug-likeness (QED) is 0.834. The predicted octanol–water partition coefficient (Wildman–Crippen LogP) is 2.23. The van der Waals surface area contributed by atoms with Crippen molar-refractivity contribution in [2.45, 2.75) is 12.5 Å². The van der Waals surface area contributed by atoms with E-state index in [4.69, 9.17) is 0 Å². The molecule has 2 heterocycles. The van der Waals surface area contributed by atoms with Gasteiger partial charge in [0.1, 0.15) is 6.04 Å². The normalized spacial score (nSPS) is 18.2. The van der Waals surface area contributed by atoms with E-state index in [1.165, 1.54) is 11.3 Å². The van der Waals surface area contributed by atoms with E-state index >= 15 is 0 Å². The van der Waals surface area contributed by atoms with E-state index in [0.29, 0.717) is 17.8 Å². The molecule has 2 aromatic rings. The molecule has 3 rings (SSSR count). The molecule has 1 aromatic carbocycles. The van der Waals surface area contributed by atoms with Crippen molar-refractivity contribution in [3.8, 4) is 0 Å². The zero-order chi connectivity index (χ0) is 18.2. The zero-order valence-electron chi connectivity index (χ0n) is 13.6. The first-order chi connectivity index (χ1) is 11.6. The average molecular weight is 400 g/mol. The standard InChI is InChI=1S/C15H17N3O4S3/c1-24(19,20)17-12-7-5-11(6-8-12)13-10-14(15-4-3-9-23-15)18(16-13)25(2,21)22/h3-9,14,17H,10H2,1-2H3/t14-/m0/s1. The molecule has 0 unspecified atom stereocenters. The van der Waals surface area contributed by atoms with Gasteiger partial charge in [0, 0.05) is 17.0 Å². The van der Waals surface area contributed by atoms with Crippen molar-refractivity contribution in [1.29, 1.82) is 0 Å². The van der Waals surface area contributed by atoms with E-state index in [1.54, 1.807) is 24.3 Å². The van der Waals surface area contributed by atoms with Crippen LogP contribution < -0.4 is 4.72 Å². The Balaban J connectivity index is 1.90. The van der Waals surface area contributed by atoms with Crippen LogP contribution in [0.15, 0.2) is 46.9 Å². The highest BCUT2D eigenvalue weighted by Gasteiger charge is 2.34. The fourth-order valence-electron chi connectivity index (χ4n) is 2.61. The monoisotopic (exact) mass is 399 g/mol. The first-order valence-electron chi connectivity index (χ1n) is 7.32. The smallest absolute Gasteiger partial charge is 0.247 e. The number of nitrogens with zero attached hydrogens (tertiary/aromatic N) is 2. The lowest BCUT2D eigenvalue weighted by atomic mass is 10.0. The van der Waals surface area contributed by atoms with E-state index < -0.39 is 20.0 Å². The fraction of sp³-hybridized carbons (Fsp3) is 0.267. The fourth-order valence-corrected chi connectivity index (χ4v) is 4.95. The molecule has 134 valence electrons.